The van der Waals surface area contributed by atoms with Gasteiger partial charge in [-0.25, -0.2) is 8.42 Å². The van der Waals surface area contributed by atoms with Gasteiger partial charge in [0.25, 0.3) is 0 Å². The van der Waals surface area contributed by atoms with Crippen LogP contribution in [-0.4, -0.2) is 42.7 Å². The first-order valence-electron chi connectivity index (χ1n) is 7.20. The van der Waals surface area contributed by atoms with Gasteiger partial charge in [0.2, 0.25) is 0 Å². The molecule has 0 saturated heterocycles. The SMILES string of the molecule is CC1CCC(CO)(NCCS(=O)(=O)C(C)(C)C)CC1. The summed E-state index contributed by atoms with van der Waals surface area (Å²) in [4.78, 5) is 0. The molecule has 1 aliphatic carbocycles. The highest BCUT2D eigenvalue weighted by Crippen LogP contribution is 2.31. The molecule has 0 bridgehead atoms. The first-order chi connectivity index (χ1) is 8.62. The van der Waals surface area contributed by atoms with E-state index in [1.54, 1.807) is 20.8 Å². The fraction of sp³-hybridized carbons (Fsp3) is 1.00. The number of hydrogen-bond acceptors (Lipinski definition) is 4. The molecule has 19 heavy (non-hydrogen) atoms. The second-order valence-electron chi connectivity index (χ2n) is 6.98. The molecule has 1 saturated carbocycles. The van der Waals surface area contributed by atoms with Gasteiger partial charge < -0.3 is 10.4 Å². The number of rotatable bonds is 5. The molecule has 2 N–H and O–H groups in total. The average molecular weight is 291 g/mol. The zero-order valence-electron chi connectivity index (χ0n) is 12.7. The minimum Gasteiger partial charge on any atom is -0.394 e. The van der Waals surface area contributed by atoms with Crippen molar-refractivity contribution in [3.05, 3.63) is 0 Å². The van der Waals surface area contributed by atoms with Crippen LogP contribution in [0.2, 0.25) is 0 Å². The van der Waals surface area contributed by atoms with Gasteiger partial charge in [-0.1, -0.05) is 6.92 Å². The molecule has 0 unspecified atom stereocenters. The van der Waals surface area contributed by atoms with Gasteiger partial charge in [-0.05, 0) is 52.4 Å². The molecule has 0 heterocycles. The summed E-state index contributed by atoms with van der Waals surface area (Å²) in [5.74, 6) is 0.841. The second-order valence-corrected chi connectivity index (χ2v) is 9.84. The van der Waals surface area contributed by atoms with Crippen LogP contribution in [0.25, 0.3) is 0 Å². The van der Waals surface area contributed by atoms with Crippen molar-refractivity contribution < 1.29 is 13.5 Å². The highest BCUT2D eigenvalue weighted by atomic mass is 32.2. The van der Waals surface area contributed by atoms with Crippen molar-refractivity contribution in [2.24, 2.45) is 5.92 Å². The highest BCUT2D eigenvalue weighted by molar-refractivity contribution is 7.92. The van der Waals surface area contributed by atoms with Crippen LogP contribution in [0.5, 0.6) is 0 Å². The molecule has 5 heteroatoms. The molecule has 0 aromatic rings. The van der Waals surface area contributed by atoms with Gasteiger partial charge in [-0.15, -0.1) is 0 Å². The van der Waals surface area contributed by atoms with E-state index in [9.17, 15) is 13.5 Å². The van der Waals surface area contributed by atoms with Crippen molar-refractivity contribution in [2.75, 3.05) is 18.9 Å². The smallest absolute Gasteiger partial charge is 0.156 e. The van der Waals surface area contributed by atoms with E-state index >= 15 is 0 Å². The van der Waals surface area contributed by atoms with E-state index in [0.29, 0.717) is 12.5 Å². The standard InChI is InChI=1S/C14H29NO3S/c1-12-5-7-14(11-16,8-6-12)15-9-10-19(17,18)13(2,3)4/h12,15-16H,5-11H2,1-4H3. The second kappa shape index (κ2) is 6.10. The van der Waals surface area contributed by atoms with Gasteiger partial charge in [0.1, 0.15) is 0 Å². The van der Waals surface area contributed by atoms with Crippen molar-refractivity contribution in [3.63, 3.8) is 0 Å². The summed E-state index contributed by atoms with van der Waals surface area (Å²) < 4.78 is 23.4. The van der Waals surface area contributed by atoms with Crippen LogP contribution in [0.4, 0.5) is 0 Å². The number of sulfone groups is 1. The van der Waals surface area contributed by atoms with Crippen LogP contribution < -0.4 is 5.32 Å². The Bertz CT molecular complexity index is 376. The van der Waals surface area contributed by atoms with E-state index in [1.807, 2.05) is 0 Å². The maximum Gasteiger partial charge on any atom is 0.156 e. The summed E-state index contributed by atoms with van der Waals surface area (Å²) in [6.45, 7) is 7.93. The Kier molecular flexibility index (Phi) is 5.43. The molecule has 1 aliphatic rings. The maximum absolute atomic E-state index is 12.0. The molecule has 4 nitrogen and oxygen atoms in total. The van der Waals surface area contributed by atoms with E-state index in [0.717, 1.165) is 25.7 Å². The Morgan fingerprint density at radius 1 is 1.26 bits per heavy atom. The van der Waals surface area contributed by atoms with Crippen LogP contribution in [0.1, 0.15) is 53.4 Å². The lowest BCUT2D eigenvalue weighted by Gasteiger charge is -2.39. The molecule has 1 rings (SSSR count). The van der Waals surface area contributed by atoms with Gasteiger partial charge in [0.15, 0.2) is 9.84 Å². The molecule has 0 radical (unpaired) electrons. The molecule has 0 aliphatic heterocycles. The van der Waals surface area contributed by atoms with E-state index in [2.05, 4.69) is 12.2 Å². The van der Waals surface area contributed by atoms with E-state index < -0.39 is 14.6 Å². The number of aliphatic hydroxyl groups excluding tert-OH is 1. The topological polar surface area (TPSA) is 66.4 Å². The summed E-state index contributed by atoms with van der Waals surface area (Å²) in [7, 11) is -3.09. The summed E-state index contributed by atoms with van der Waals surface area (Å²) in [5, 5.41) is 12.9. The third kappa shape index (κ3) is 4.43. The van der Waals surface area contributed by atoms with E-state index in [1.165, 1.54) is 0 Å². The minimum atomic E-state index is -3.09. The third-order valence-electron chi connectivity index (χ3n) is 4.34. The summed E-state index contributed by atoms with van der Waals surface area (Å²) in [5.41, 5.74) is -0.264. The molecule has 0 aromatic carbocycles. The molecule has 0 atom stereocenters. The Hall–Kier alpha value is -0.130. The summed E-state index contributed by atoms with van der Waals surface area (Å²) >= 11 is 0. The summed E-state index contributed by atoms with van der Waals surface area (Å²) in [6, 6.07) is 0. The van der Waals surface area contributed by atoms with Crippen molar-refractivity contribution in [1.82, 2.24) is 5.32 Å². The van der Waals surface area contributed by atoms with Crippen LogP contribution in [0, 0.1) is 5.92 Å². The first-order valence-corrected chi connectivity index (χ1v) is 8.85. The molecule has 114 valence electrons. The predicted octanol–water partition coefficient (Wildman–Crippen LogP) is 1.73. The van der Waals surface area contributed by atoms with Gasteiger partial charge in [0.05, 0.1) is 17.1 Å². The van der Waals surface area contributed by atoms with Crippen molar-refractivity contribution in [3.8, 4) is 0 Å². The Morgan fingerprint density at radius 3 is 2.21 bits per heavy atom. The number of hydrogen-bond donors (Lipinski definition) is 2. The normalized spacial score (nSPS) is 29.4. The number of nitrogens with one attached hydrogen (secondary N) is 1. The lowest BCUT2D eigenvalue weighted by atomic mass is 9.77. The first kappa shape index (κ1) is 16.9. The molecular weight excluding hydrogens is 262 g/mol. The van der Waals surface area contributed by atoms with Crippen molar-refractivity contribution in [1.29, 1.82) is 0 Å². The molecular formula is C14H29NO3S. The van der Waals surface area contributed by atoms with Gasteiger partial charge in [0, 0.05) is 12.1 Å². The fourth-order valence-corrected chi connectivity index (χ4v) is 3.45. The lowest BCUT2D eigenvalue weighted by Crippen LogP contribution is -2.52. The van der Waals surface area contributed by atoms with E-state index in [4.69, 9.17) is 0 Å². The Balaban J connectivity index is 2.52. The Morgan fingerprint density at radius 2 is 1.79 bits per heavy atom. The highest BCUT2D eigenvalue weighted by Gasteiger charge is 2.34. The maximum atomic E-state index is 12.0. The fourth-order valence-electron chi connectivity index (χ4n) is 2.46. The average Bonchev–Trinajstić information content (AvgIpc) is 2.30. The summed E-state index contributed by atoms with van der Waals surface area (Å²) in [6.07, 6.45) is 4.06. The molecule has 1 fully saturated rings. The quantitative estimate of drug-likeness (QED) is 0.809. The van der Waals surface area contributed by atoms with Crippen molar-refractivity contribution >= 4 is 9.84 Å². The van der Waals surface area contributed by atoms with Gasteiger partial charge >= 0.3 is 0 Å². The Labute approximate surface area is 117 Å². The van der Waals surface area contributed by atoms with Crippen LogP contribution in [-0.2, 0) is 9.84 Å². The monoisotopic (exact) mass is 291 g/mol. The minimum absolute atomic E-state index is 0.0925. The van der Waals surface area contributed by atoms with Crippen LogP contribution >= 0.6 is 0 Å². The van der Waals surface area contributed by atoms with Crippen LogP contribution in [0.3, 0.4) is 0 Å². The van der Waals surface area contributed by atoms with Crippen molar-refractivity contribution in [2.45, 2.75) is 63.7 Å². The molecule has 0 aromatic heterocycles. The zero-order chi connectivity index (χ0) is 14.7. The zero-order valence-corrected chi connectivity index (χ0v) is 13.5. The van der Waals surface area contributed by atoms with Gasteiger partial charge in [-0.2, -0.15) is 0 Å². The largest absolute Gasteiger partial charge is 0.394 e. The van der Waals surface area contributed by atoms with Gasteiger partial charge in [-0.3, -0.25) is 0 Å². The molecule has 0 spiro atoms. The third-order valence-corrected chi connectivity index (χ3v) is 6.95. The number of aliphatic hydroxyl groups is 1. The van der Waals surface area contributed by atoms with E-state index in [-0.39, 0.29) is 17.9 Å². The predicted molar refractivity (Wildman–Crippen MR) is 79.0 cm³/mol. The lowest BCUT2D eigenvalue weighted by molar-refractivity contribution is 0.108. The van der Waals surface area contributed by atoms with Crippen LogP contribution in [0.15, 0.2) is 0 Å². The molecule has 0 amide bonds.